The van der Waals surface area contributed by atoms with Crippen molar-refractivity contribution in [3.8, 4) is 0 Å². The quantitative estimate of drug-likeness (QED) is 0.434. The van der Waals surface area contributed by atoms with Crippen molar-refractivity contribution in [2.75, 3.05) is 12.4 Å². The number of aliphatic carboxylic acids is 1. The SMILES string of the molecule is O=C(O)[C@@H]1CSC([C@H](O)CO)N1. The number of rotatable bonds is 3. The molecule has 1 rings (SSSR count). The minimum absolute atomic E-state index is 0.350. The van der Waals surface area contributed by atoms with Crippen molar-refractivity contribution in [2.45, 2.75) is 17.5 Å². The van der Waals surface area contributed by atoms with E-state index in [2.05, 4.69) is 5.32 Å². The van der Waals surface area contributed by atoms with E-state index < -0.39 is 18.1 Å². The van der Waals surface area contributed by atoms with Gasteiger partial charge >= 0.3 is 5.97 Å². The lowest BCUT2D eigenvalue weighted by atomic mass is 10.3. The first-order valence-electron chi connectivity index (χ1n) is 3.54. The van der Waals surface area contributed by atoms with Crippen LogP contribution in [0.25, 0.3) is 0 Å². The minimum Gasteiger partial charge on any atom is -0.480 e. The van der Waals surface area contributed by atoms with E-state index in [0.717, 1.165) is 0 Å². The third-order valence-corrected chi connectivity index (χ3v) is 2.98. The van der Waals surface area contributed by atoms with Crippen molar-refractivity contribution in [1.29, 1.82) is 0 Å². The monoisotopic (exact) mass is 193 g/mol. The number of carbonyl (C=O) groups is 1. The lowest BCUT2D eigenvalue weighted by molar-refractivity contribution is -0.138. The van der Waals surface area contributed by atoms with Gasteiger partial charge in [0.05, 0.1) is 12.0 Å². The summed E-state index contributed by atoms with van der Waals surface area (Å²) in [6, 6.07) is -0.610. The van der Waals surface area contributed by atoms with E-state index in [-0.39, 0.29) is 12.0 Å². The van der Waals surface area contributed by atoms with Gasteiger partial charge in [-0.1, -0.05) is 0 Å². The largest absolute Gasteiger partial charge is 0.480 e. The Bertz CT molecular complexity index is 177. The lowest BCUT2D eigenvalue weighted by Crippen LogP contribution is -2.42. The van der Waals surface area contributed by atoms with Crippen LogP contribution in [0.15, 0.2) is 0 Å². The number of hydrogen-bond donors (Lipinski definition) is 4. The molecule has 3 atom stereocenters. The Hall–Kier alpha value is -0.300. The van der Waals surface area contributed by atoms with Gasteiger partial charge in [0, 0.05) is 5.75 Å². The van der Waals surface area contributed by atoms with Gasteiger partial charge in [-0.15, -0.1) is 11.8 Å². The average molecular weight is 193 g/mol. The fraction of sp³-hybridized carbons (Fsp3) is 0.833. The maximum absolute atomic E-state index is 10.4. The maximum Gasteiger partial charge on any atom is 0.321 e. The summed E-state index contributed by atoms with van der Waals surface area (Å²) in [5, 5.41) is 28.6. The van der Waals surface area contributed by atoms with E-state index in [1.165, 1.54) is 11.8 Å². The summed E-state index contributed by atoms with van der Waals surface area (Å²) in [4.78, 5) is 10.4. The van der Waals surface area contributed by atoms with Gasteiger partial charge in [-0.2, -0.15) is 0 Å². The molecule has 12 heavy (non-hydrogen) atoms. The van der Waals surface area contributed by atoms with Crippen LogP contribution in [0.2, 0.25) is 0 Å². The molecule has 1 saturated heterocycles. The van der Waals surface area contributed by atoms with Crippen LogP contribution >= 0.6 is 11.8 Å². The molecule has 0 aromatic carbocycles. The molecule has 0 spiro atoms. The molecule has 1 heterocycles. The van der Waals surface area contributed by atoms with Crippen LogP contribution in [0.4, 0.5) is 0 Å². The number of aliphatic hydroxyl groups is 2. The first kappa shape index (κ1) is 9.79. The molecule has 0 bridgehead atoms. The molecule has 6 heteroatoms. The van der Waals surface area contributed by atoms with Crippen LogP contribution in [0.1, 0.15) is 0 Å². The molecule has 0 aromatic heterocycles. The van der Waals surface area contributed by atoms with Crippen LogP contribution in [0.5, 0.6) is 0 Å². The zero-order valence-electron chi connectivity index (χ0n) is 6.30. The van der Waals surface area contributed by atoms with Gasteiger partial charge in [-0.05, 0) is 0 Å². The van der Waals surface area contributed by atoms with E-state index >= 15 is 0 Å². The van der Waals surface area contributed by atoms with Crippen LogP contribution in [0, 0.1) is 0 Å². The average Bonchev–Trinajstić information content (AvgIpc) is 2.51. The van der Waals surface area contributed by atoms with Crippen molar-refractivity contribution in [3.05, 3.63) is 0 Å². The van der Waals surface area contributed by atoms with Gasteiger partial charge in [0.15, 0.2) is 0 Å². The Balaban J connectivity index is 2.40. The van der Waals surface area contributed by atoms with Gasteiger partial charge in [0.2, 0.25) is 0 Å². The molecule has 70 valence electrons. The molecule has 0 aromatic rings. The highest BCUT2D eigenvalue weighted by atomic mass is 32.2. The highest BCUT2D eigenvalue weighted by molar-refractivity contribution is 8.00. The molecule has 0 aliphatic carbocycles. The van der Waals surface area contributed by atoms with E-state index in [4.69, 9.17) is 15.3 Å². The summed E-state index contributed by atoms with van der Waals surface area (Å²) in [5.74, 6) is -0.494. The van der Waals surface area contributed by atoms with E-state index in [1.54, 1.807) is 0 Å². The van der Waals surface area contributed by atoms with E-state index in [0.29, 0.717) is 5.75 Å². The highest BCUT2D eigenvalue weighted by Crippen LogP contribution is 2.21. The highest BCUT2D eigenvalue weighted by Gasteiger charge is 2.33. The third-order valence-electron chi connectivity index (χ3n) is 1.64. The molecule has 1 fully saturated rings. The molecule has 1 aliphatic rings. The topological polar surface area (TPSA) is 89.8 Å². The Labute approximate surface area is 73.8 Å². The summed E-state index contributed by atoms with van der Waals surface area (Å²) in [6.07, 6.45) is -0.889. The zero-order chi connectivity index (χ0) is 9.14. The molecular weight excluding hydrogens is 182 g/mol. The van der Waals surface area contributed by atoms with Crippen LogP contribution in [-0.4, -0.2) is 51.2 Å². The second-order valence-corrected chi connectivity index (χ2v) is 3.74. The first-order valence-corrected chi connectivity index (χ1v) is 4.59. The van der Waals surface area contributed by atoms with E-state index in [9.17, 15) is 4.79 Å². The summed E-state index contributed by atoms with van der Waals surface area (Å²) in [7, 11) is 0. The molecule has 0 radical (unpaired) electrons. The number of nitrogens with one attached hydrogen (secondary N) is 1. The van der Waals surface area contributed by atoms with E-state index in [1.807, 2.05) is 0 Å². The Morgan fingerprint density at radius 1 is 1.75 bits per heavy atom. The molecular formula is C6H11NO4S. The zero-order valence-corrected chi connectivity index (χ0v) is 7.12. The summed E-state index contributed by atoms with van der Waals surface area (Å²) in [5.41, 5.74) is 0. The molecule has 4 N–H and O–H groups in total. The van der Waals surface area contributed by atoms with Gasteiger partial charge in [0.25, 0.3) is 0 Å². The molecule has 0 saturated carbocycles. The van der Waals surface area contributed by atoms with Crippen molar-refractivity contribution < 1.29 is 20.1 Å². The first-order chi connectivity index (χ1) is 5.65. The second kappa shape index (κ2) is 4.08. The number of hydrogen-bond acceptors (Lipinski definition) is 5. The van der Waals surface area contributed by atoms with Crippen molar-refractivity contribution in [2.24, 2.45) is 0 Å². The second-order valence-electron chi connectivity index (χ2n) is 2.56. The van der Waals surface area contributed by atoms with Gasteiger partial charge in [-0.25, -0.2) is 0 Å². The molecule has 1 unspecified atom stereocenters. The lowest BCUT2D eigenvalue weighted by Gasteiger charge is -2.15. The summed E-state index contributed by atoms with van der Waals surface area (Å²) in [6.45, 7) is -0.350. The predicted molar refractivity (Wildman–Crippen MR) is 43.9 cm³/mol. The fourth-order valence-electron chi connectivity index (χ4n) is 0.955. The van der Waals surface area contributed by atoms with Gasteiger partial charge < -0.3 is 15.3 Å². The molecule has 0 amide bonds. The van der Waals surface area contributed by atoms with Gasteiger partial charge in [-0.3, -0.25) is 10.1 Å². The minimum atomic E-state index is -0.921. The summed E-state index contributed by atoms with van der Waals surface area (Å²) >= 11 is 1.31. The smallest absolute Gasteiger partial charge is 0.321 e. The number of aliphatic hydroxyl groups excluding tert-OH is 2. The van der Waals surface area contributed by atoms with Crippen LogP contribution in [-0.2, 0) is 4.79 Å². The standard InChI is InChI=1S/C6H11NO4S/c8-1-4(9)5-7-3(2-12-5)6(10)11/h3-5,7-9H,1-2H2,(H,10,11)/t3-,4+,5?/m0/s1. The number of carboxylic acid groups (broad SMARTS) is 1. The molecule has 5 nitrogen and oxygen atoms in total. The number of carboxylic acids is 1. The molecule has 1 aliphatic heterocycles. The van der Waals surface area contributed by atoms with Crippen LogP contribution in [0.3, 0.4) is 0 Å². The third kappa shape index (κ3) is 2.10. The van der Waals surface area contributed by atoms with Gasteiger partial charge in [0.1, 0.15) is 12.1 Å². The fourth-order valence-corrected chi connectivity index (χ4v) is 2.16. The Kier molecular flexibility index (Phi) is 3.33. The Morgan fingerprint density at radius 3 is 2.83 bits per heavy atom. The normalized spacial score (nSPS) is 31.8. The van der Waals surface area contributed by atoms with Crippen LogP contribution < -0.4 is 5.32 Å². The number of thioether (sulfide) groups is 1. The van der Waals surface area contributed by atoms with Crippen molar-refractivity contribution in [1.82, 2.24) is 5.32 Å². The van der Waals surface area contributed by atoms with Crippen molar-refractivity contribution >= 4 is 17.7 Å². The maximum atomic E-state index is 10.4. The predicted octanol–water partition coefficient (Wildman–Crippen LogP) is -1.54. The summed E-state index contributed by atoms with van der Waals surface area (Å²) < 4.78 is 0. The van der Waals surface area contributed by atoms with Crippen molar-refractivity contribution in [3.63, 3.8) is 0 Å². The Morgan fingerprint density at radius 2 is 2.42 bits per heavy atom.